The van der Waals surface area contributed by atoms with Gasteiger partial charge in [0.05, 0.1) is 11.4 Å². The summed E-state index contributed by atoms with van der Waals surface area (Å²) in [5.74, 6) is 0.751. The predicted molar refractivity (Wildman–Crippen MR) is 96.0 cm³/mol. The van der Waals surface area contributed by atoms with Crippen molar-refractivity contribution in [1.82, 2.24) is 4.98 Å². The fraction of sp³-hybridized carbons (Fsp3) is 0.0526. The number of alkyl halides is 3. The number of amides is 1. The summed E-state index contributed by atoms with van der Waals surface area (Å²) in [5.41, 5.74) is 3.49. The van der Waals surface area contributed by atoms with Gasteiger partial charge in [0, 0.05) is 18.5 Å². The van der Waals surface area contributed by atoms with Gasteiger partial charge in [-0.15, -0.1) is 13.2 Å². The van der Waals surface area contributed by atoms with Gasteiger partial charge in [0.1, 0.15) is 17.2 Å². The van der Waals surface area contributed by atoms with Crippen molar-refractivity contribution in [3.05, 3.63) is 73.1 Å². The fourth-order valence-corrected chi connectivity index (χ4v) is 2.26. The van der Waals surface area contributed by atoms with Gasteiger partial charge in [-0.05, 0) is 48.5 Å². The number of hydrogen-bond donors (Lipinski definition) is 1. The van der Waals surface area contributed by atoms with Crippen LogP contribution >= 0.6 is 0 Å². The summed E-state index contributed by atoms with van der Waals surface area (Å²) in [7, 11) is 0. The molecule has 144 valence electrons. The highest BCUT2D eigenvalue weighted by atomic mass is 19.4. The molecule has 0 radical (unpaired) electrons. The molecule has 0 aliphatic rings. The first-order valence-electron chi connectivity index (χ1n) is 7.98. The SMILES string of the molecule is O=CN(Nc1ccc(Oc2ccncc2)cc1)c1cccc(OC(F)(F)F)c1. The third-order valence-corrected chi connectivity index (χ3v) is 3.42. The third kappa shape index (κ3) is 5.37. The summed E-state index contributed by atoms with van der Waals surface area (Å²) in [5, 5.41) is 1.03. The van der Waals surface area contributed by atoms with Gasteiger partial charge in [-0.1, -0.05) is 6.07 Å². The predicted octanol–water partition coefficient (Wildman–Crippen LogP) is 4.76. The van der Waals surface area contributed by atoms with Gasteiger partial charge in [-0.25, -0.2) is 5.01 Å². The number of rotatable bonds is 7. The van der Waals surface area contributed by atoms with Crippen LogP contribution in [-0.4, -0.2) is 17.8 Å². The van der Waals surface area contributed by atoms with Crippen molar-refractivity contribution in [2.24, 2.45) is 0 Å². The van der Waals surface area contributed by atoms with Gasteiger partial charge in [0.2, 0.25) is 6.41 Å². The Morgan fingerprint density at radius 2 is 1.61 bits per heavy atom. The van der Waals surface area contributed by atoms with Gasteiger partial charge in [0.15, 0.2) is 0 Å². The Labute approximate surface area is 158 Å². The molecule has 3 aromatic rings. The van der Waals surface area contributed by atoms with Crippen LogP contribution in [0, 0.1) is 0 Å². The number of carbonyl (C=O) groups is 1. The Morgan fingerprint density at radius 1 is 0.929 bits per heavy atom. The average molecular weight is 389 g/mol. The molecule has 0 aliphatic carbocycles. The van der Waals surface area contributed by atoms with E-state index in [0.717, 1.165) is 17.1 Å². The van der Waals surface area contributed by atoms with E-state index in [0.29, 0.717) is 23.6 Å². The van der Waals surface area contributed by atoms with Crippen LogP contribution in [-0.2, 0) is 4.79 Å². The quantitative estimate of drug-likeness (QED) is 0.466. The van der Waals surface area contributed by atoms with E-state index in [1.807, 2.05) is 0 Å². The van der Waals surface area contributed by atoms with Gasteiger partial charge in [-0.3, -0.25) is 15.2 Å². The van der Waals surface area contributed by atoms with Gasteiger partial charge >= 0.3 is 6.36 Å². The molecule has 0 aliphatic heterocycles. The smallest absolute Gasteiger partial charge is 0.457 e. The number of nitrogens with one attached hydrogen (secondary N) is 1. The maximum absolute atomic E-state index is 12.4. The zero-order valence-corrected chi connectivity index (χ0v) is 14.3. The van der Waals surface area contributed by atoms with Crippen molar-refractivity contribution in [1.29, 1.82) is 0 Å². The molecule has 6 nitrogen and oxygen atoms in total. The number of hydrazine groups is 1. The van der Waals surface area contributed by atoms with Crippen LogP contribution in [0.3, 0.4) is 0 Å². The molecule has 0 spiro atoms. The largest absolute Gasteiger partial charge is 0.573 e. The van der Waals surface area contributed by atoms with Gasteiger partial charge in [0.25, 0.3) is 0 Å². The molecule has 1 aromatic heterocycles. The second-order valence-corrected chi connectivity index (χ2v) is 5.44. The van der Waals surface area contributed by atoms with Crippen LogP contribution in [0.15, 0.2) is 73.1 Å². The van der Waals surface area contributed by atoms with E-state index in [2.05, 4.69) is 15.1 Å². The number of aromatic nitrogens is 1. The van der Waals surface area contributed by atoms with Crippen molar-refractivity contribution in [3.8, 4) is 17.2 Å². The normalized spacial score (nSPS) is 10.8. The maximum Gasteiger partial charge on any atom is 0.573 e. The topological polar surface area (TPSA) is 63.7 Å². The zero-order chi connectivity index (χ0) is 20.0. The number of hydrogen-bond acceptors (Lipinski definition) is 5. The molecule has 1 heterocycles. The lowest BCUT2D eigenvalue weighted by Crippen LogP contribution is -2.28. The van der Waals surface area contributed by atoms with Gasteiger partial charge < -0.3 is 9.47 Å². The molecule has 0 fully saturated rings. The Balaban J connectivity index is 1.69. The second kappa shape index (κ2) is 8.30. The van der Waals surface area contributed by atoms with Gasteiger partial charge in [-0.2, -0.15) is 0 Å². The van der Waals surface area contributed by atoms with E-state index < -0.39 is 12.1 Å². The fourth-order valence-electron chi connectivity index (χ4n) is 2.26. The maximum atomic E-state index is 12.4. The molecular weight excluding hydrogens is 375 g/mol. The lowest BCUT2D eigenvalue weighted by molar-refractivity contribution is -0.274. The minimum absolute atomic E-state index is 0.175. The molecule has 0 saturated carbocycles. The number of pyridine rings is 1. The van der Waals surface area contributed by atoms with Crippen molar-refractivity contribution >= 4 is 17.8 Å². The molecule has 0 bridgehead atoms. The number of carbonyl (C=O) groups excluding carboxylic acids is 1. The number of halogens is 3. The van der Waals surface area contributed by atoms with E-state index in [1.54, 1.807) is 48.8 Å². The van der Waals surface area contributed by atoms with E-state index >= 15 is 0 Å². The Morgan fingerprint density at radius 3 is 2.25 bits per heavy atom. The summed E-state index contributed by atoms with van der Waals surface area (Å²) in [6, 6.07) is 15.1. The second-order valence-electron chi connectivity index (χ2n) is 5.44. The van der Waals surface area contributed by atoms with Crippen LogP contribution in [0.1, 0.15) is 0 Å². The van der Waals surface area contributed by atoms with Crippen LogP contribution in [0.25, 0.3) is 0 Å². The van der Waals surface area contributed by atoms with Crippen LogP contribution in [0.4, 0.5) is 24.5 Å². The lowest BCUT2D eigenvalue weighted by Gasteiger charge is -2.20. The summed E-state index contributed by atoms with van der Waals surface area (Å²) < 4.78 is 46.6. The highest BCUT2D eigenvalue weighted by Crippen LogP contribution is 2.27. The summed E-state index contributed by atoms with van der Waals surface area (Å²) in [4.78, 5) is 15.3. The van der Waals surface area contributed by atoms with E-state index in [4.69, 9.17) is 4.74 Å². The van der Waals surface area contributed by atoms with Crippen molar-refractivity contribution in [2.45, 2.75) is 6.36 Å². The Kier molecular flexibility index (Phi) is 5.64. The van der Waals surface area contributed by atoms with Crippen LogP contribution in [0.5, 0.6) is 17.2 Å². The Bertz CT molecular complexity index is 919. The van der Waals surface area contributed by atoms with Crippen molar-refractivity contribution in [3.63, 3.8) is 0 Å². The van der Waals surface area contributed by atoms with E-state index in [-0.39, 0.29) is 5.69 Å². The molecule has 0 saturated heterocycles. The molecule has 1 N–H and O–H groups in total. The van der Waals surface area contributed by atoms with Crippen LogP contribution in [0.2, 0.25) is 0 Å². The van der Waals surface area contributed by atoms with Crippen molar-refractivity contribution in [2.75, 3.05) is 10.4 Å². The van der Waals surface area contributed by atoms with E-state index in [9.17, 15) is 18.0 Å². The minimum atomic E-state index is -4.82. The number of anilines is 2. The van der Waals surface area contributed by atoms with Crippen LogP contribution < -0.4 is 19.9 Å². The summed E-state index contributed by atoms with van der Waals surface area (Å²) in [6.07, 6.45) is -1.18. The van der Waals surface area contributed by atoms with E-state index in [1.165, 1.54) is 12.1 Å². The molecule has 0 unspecified atom stereocenters. The first-order valence-corrected chi connectivity index (χ1v) is 7.98. The third-order valence-electron chi connectivity index (χ3n) is 3.42. The standard InChI is InChI=1S/C19H14F3N3O3/c20-19(21,22)28-18-3-1-2-15(12-18)25(13-26)24-14-4-6-16(7-5-14)27-17-8-10-23-11-9-17/h1-13,24H. The number of ether oxygens (including phenoxy) is 2. The first kappa shape index (κ1) is 19.0. The molecule has 3 rings (SSSR count). The lowest BCUT2D eigenvalue weighted by atomic mass is 10.3. The molecular formula is C19H14F3N3O3. The molecule has 2 aromatic carbocycles. The minimum Gasteiger partial charge on any atom is -0.457 e. The number of benzene rings is 2. The average Bonchev–Trinajstić information content (AvgIpc) is 2.67. The molecule has 28 heavy (non-hydrogen) atoms. The van der Waals surface area contributed by atoms with Crippen molar-refractivity contribution < 1.29 is 27.4 Å². The molecule has 0 atom stereocenters. The summed E-state index contributed by atoms with van der Waals surface area (Å²) in [6.45, 7) is 0. The highest BCUT2D eigenvalue weighted by Gasteiger charge is 2.31. The molecule has 1 amide bonds. The zero-order valence-electron chi connectivity index (χ0n) is 14.3. The monoisotopic (exact) mass is 389 g/mol. The summed E-state index contributed by atoms with van der Waals surface area (Å²) >= 11 is 0. The highest BCUT2D eigenvalue weighted by molar-refractivity contribution is 5.79. The number of nitrogens with zero attached hydrogens (tertiary/aromatic N) is 2. The molecule has 9 heteroatoms. The Hall–Kier alpha value is -3.75. The first-order chi connectivity index (χ1) is 13.4.